The Morgan fingerprint density at radius 2 is 2.30 bits per heavy atom. The van der Waals surface area contributed by atoms with Crippen LogP contribution in [0.25, 0.3) is 0 Å². The van der Waals surface area contributed by atoms with Crippen molar-refractivity contribution in [1.82, 2.24) is 4.90 Å². The fourth-order valence-corrected chi connectivity index (χ4v) is 0.463. The number of unbranched alkanes of at least 4 members (excludes halogenated alkanes) is 1. The van der Waals surface area contributed by atoms with Crippen molar-refractivity contribution in [1.29, 1.82) is 0 Å². The van der Waals surface area contributed by atoms with Crippen LogP contribution in [0.1, 0.15) is 19.8 Å². The lowest BCUT2D eigenvalue weighted by molar-refractivity contribution is 0.170. The number of nitrogens with zero attached hydrogens (tertiary/aromatic N) is 1. The normalized spacial score (nSPS) is 10.2. The van der Waals surface area contributed by atoms with Crippen molar-refractivity contribution >= 4 is 6.09 Å². The SMILES string of the molecule is CCC/C=C/N(C)C(=O)O. The molecule has 0 rings (SSSR count). The summed E-state index contributed by atoms with van der Waals surface area (Å²) in [6.45, 7) is 2.05. The predicted molar refractivity (Wildman–Crippen MR) is 39.8 cm³/mol. The highest BCUT2D eigenvalue weighted by atomic mass is 16.4. The van der Waals surface area contributed by atoms with Gasteiger partial charge >= 0.3 is 6.09 Å². The summed E-state index contributed by atoms with van der Waals surface area (Å²) in [6.07, 6.45) is 4.45. The molecular formula is C7H13NO2. The third-order valence-corrected chi connectivity index (χ3v) is 1.09. The van der Waals surface area contributed by atoms with Crippen molar-refractivity contribution in [2.75, 3.05) is 7.05 Å². The molecule has 0 spiro atoms. The summed E-state index contributed by atoms with van der Waals surface area (Å²) >= 11 is 0. The Labute approximate surface area is 61.0 Å². The van der Waals surface area contributed by atoms with Crippen LogP contribution >= 0.6 is 0 Å². The molecule has 0 aromatic rings. The van der Waals surface area contributed by atoms with Crippen LogP contribution in [0.3, 0.4) is 0 Å². The molecule has 3 nitrogen and oxygen atoms in total. The van der Waals surface area contributed by atoms with Crippen molar-refractivity contribution in [2.45, 2.75) is 19.8 Å². The van der Waals surface area contributed by atoms with Gasteiger partial charge in [0.05, 0.1) is 0 Å². The molecule has 0 heterocycles. The maximum absolute atomic E-state index is 10.2. The van der Waals surface area contributed by atoms with E-state index in [0.29, 0.717) is 0 Å². The quantitative estimate of drug-likeness (QED) is 0.655. The zero-order valence-corrected chi connectivity index (χ0v) is 6.37. The summed E-state index contributed by atoms with van der Waals surface area (Å²) < 4.78 is 0. The molecule has 0 aliphatic rings. The number of allylic oxidation sites excluding steroid dienone is 1. The number of hydrogen-bond donors (Lipinski definition) is 1. The summed E-state index contributed by atoms with van der Waals surface area (Å²) in [5.74, 6) is 0. The molecule has 0 saturated heterocycles. The topological polar surface area (TPSA) is 40.5 Å². The summed E-state index contributed by atoms with van der Waals surface area (Å²) in [5, 5.41) is 8.36. The molecule has 58 valence electrons. The fraction of sp³-hybridized carbons (Fsp3) is 0.571. The lowest BCUT2D eigenvalue weighted by Crippen LogP contribution is -2.17. The first-order chi connectivity index (χ1) is 4.68. The number of amides is 1. The average Bonchev–Trinajstić information content (AvgIpc) is 1.88. The van der Waals surface area contributed by atoms with Gasteiger partial charge in [0.2, 0.25) is 0 Å². The third kappa shape index (κ3) is 3.95. The third-order valence-electron chi connectivity index (χ3n) is 1.09. The lowest BCUT2D eigenvalue weighted by atomic mass is 10.3. The van der Waals surface area contributed by atoms with Crippen molar-refractivity contribution in [2.24, 2.45) is 0 Å². The van der Waals surface area contributed by atoms with Crippen LogP contribution < -0.4 is 0 Å². The summed E-state index contributed by atoms with van der Waals surface area (Å²) in [5.41, 5.74) is 0. The first kappa shape index (κ1) is 9.01. The van der Waals surface area contributed by atoms with E-state index in [9.17, 15) is 4.79 Å². The van der Waals surface area contributed by atoms with E-state index in [1.54, 1.807) is 6.20 Å². The van der Waals surface area contributed by atoms with Gasteiger partial charge in [0.1, 0.15) is 0 Å². The van der Waals surface area contributed by atoms with E-state index in [0.717, 1.165) is 17.7 Å². The van der Waals surface area contributed by atoms with Gasteiger partial charge in [0, 0.05) is 13.2 Å². The Morgan fingerprint density at radius 3 is 2.70 bits per heavy atom. The zero-order chi connectivity index (χ0) is 7.98. The van der Waals surface area contributed by atoms with E-state index >= 15 is 0 Å². The zero-order valence-electron chi connectivity index (χ0n) is 6.37. The Bertz CT molecular complexity index is 132. The number of rotatable bonds is 3. The molecule has 0 unspecified atom stereocenters. The van der Waals surface area contributed by atoms with E-state index in [1.165, 1.54) is 7.05 Å². The van der Waals surface area contributed by atoms with Crippen LogP contribution in [0.2, 0.25) is 0 Å². The van der Waals surface area contributed by atoms with E-state index < -0.39 is 6.09 Å². The summed E-state index contributed by atoms with van der Waals surface area (Å²) in [6, 6.07) is 0. The van der Waals surface area contributed by atoms with Gasteiger partial charge in [0.15, 0.2) is 0 Å². The first-order valence-corrected chi connectivity index (χ1v) is 3.31. The van der Waals surface area contributed by atoms with E-state index in [4.69, 9.17) is 5.11 Å². The van der Waals surface area contributed by atoms with Crippen LogP contribution in [0.4, 0.5) is 4.79 Å². The molecule has 1 N–H and O–H groups in total. The molecular weight excluding hydrogens is 130 g/mol. The first-order valence-electron chi connectivity index (χ1n) is 3.31. The molecule has 3 heteroatoms. The second kappa shape index (κ2) is 4.85. The second-order valence-electron chi connectivity index (χ2n) is 2.07. The standard InChI is InChI=1S/C7H13NO2/c1-3-4-5-6-8(2)7(9)10/h5-6H,3-4H2,1-2H3,(H,9,10)/b6-5+. The van der Waals surface area contributed by atoms with Gasteiger partial charge in [-0.15, -0.1) is 0 Å². The minimum absolute atomic E-state index is 0.924. The van der Waals surface area contributed by atoms with Crippen molar-refractivity contribution in [3.05, 3.63) is 12.3 Å². The van der Waals surface area contributed by atoms with Crippen molar-refractivity contribution in [3.8, 4) is 0 Å². The van der Waals surface area contributed by atoms with Crippen LogP contribution in [0, 0.1) is 0 Å². The van der Waals surface area contributed by atoms with Gasteiger partial charge < -0.3 is 5.11 Å². The smallest absolute Gasteiger partial charge is 0.411 e. The highest BCUT2D eigenvalue weighted by molar-refractivity contribution is 5.65. The molecule has 0 aromatic heterocycles. The molecule has 0 aliphatic carbocycles. The minimum atomic E-state index is -0.924. The minimum Gasteiger partial charge on any atom is -0.465 e. The van der Waals surface area contributed by atoms with Crippen molar-refractivity contribution < 1.29 is 9.90 Å². The molecule has 0 atom stereocenters. The van der Waals surface area contributed by atoms with E-state index in [2.05, 4.69) is 0 Å². The molecule has 0 bridgehead atoms. The fourth-order valence-electron chi connectivity index (χ4n) is 0.463. The van der Waals surface area contributed by atoms with Crippen LogP contribution in [0.5, 0.6) is 0 Å². The molecule has 0 radical (unpaired) electrons. The molecule has 10 heavy (non-hydrogen) atoms. The molecule has 0 saturated carbocycles. The Morgan fingerprint density at radius 1 is 1.70 bits per heavy atom. The molecule has 0 aliphatic heterocycles. The van der Waals surface area contributed by atoms with Gasteiger partial charge in [-0.3, -0.25) is 4.90 Å². The monoisotopic (exact) mass is 143 g/mol. The van der Waals surface area contributed by atoms with Crippen molar-refractivity contribution in [3.63, 3.8) is 0 Å². The highest BCUT2D eigenvalue weighted by Gasteiger charge is 1.97. The largest absolute Gasteiger partial charge is 0.465 e. The molecule has 1 amide bonds. The number of hydrogen-bond acceptors (Lipinski definition) is 1. The average molecular weight is 143 g/mol. The molecule has 0 fully saturated rings. The van der Waals surface area contributed by atoms with Crippen LogP contribution in [0.15, 0.2) is 12.3 Å². The Hall–Kier alpha value is -0.990. The Kier molecular flexibility index (Phi) is 4.37. The van der Waals surface area contributed by atoms with Crippen LogP contribution in [-0.2, 0) is 0 Å². The maximum Gasteiger partial charge on any atom is 0.411 e. The summed E-state index contributed by atoms with van der Waals surface area (Å²) in [7, 11) is 1.51. The van der Waals surface area contributed by atoms with Crippen LogP contribution in [-0.4, -0.2) is 23.1 Å². The molecule has 0 aromatic carbocycles. The predicted octanol–water partition coefficient (Wildman–Crippen LogP) is 1.91. The van der Waals surface area contributed by atoms with E-state index in [1.807, 2.05) is 13.0 Å². The Balaban J connectivity index is 3.55. The number of carboxylic acid groups (broad SMARTS) is 1. The lowest BCUT2D eigenvalue weighted by Gasteiger charge is -2.04. The second-order valence-corrected chi connectivity index (χ2v) is 2.07. The van der Waals surface area contributed by atoms with Gasteiger partial charge in [-0.05, 0) is 6.42 Å². The maximum atomic E-state index is 10.2. The van der Waals surface area contributed by atoms with Gasteiger partial charge in [-0.25, -0.2) is 4.79 Å². The van der Waals surface area contributed by atoms with Gasteiger partial charge in [-0.1, -0.05) is 19.4 Å². The van der Waals surface area contributed by atoms with Gasteiger partial charge in [-0.2, -0.15) is 0 Å². The highest BCUT2D eigenvalue weighted by Crippen LogP contribution is 1.91. The number of carbonyl (C=O) groups is 1. The van der Waals surface area contributed by atoms with E-state index in [-0.39, 0.29) is 0 Å². The summed E-state index contributed by atoms with van der Waals surface area (Å²) in [4.78, 5) is 11.3. The van der Waals surface area contributed by atoms with Gasteiger partial charge in [0.25, 0.3) is 0 Å².